The van der Waals surface area contributed by atoms with Gasteiger partial charge in [0, 0.05) is 19.6 Å². The number of nitrogens with zero attached hydrogens (tertiary/aromatic N) is 2. The summed E-state index contributed by atoms with van der Waals surface area (Å²) >= 11 is 0. The maximum Gasteiger partial charge on any atom is 0.440 e. The molecule has 1 saturated heterocycles. The Balaban J connectivity index is 2.22. The van der Waals surface area contributed by atoms with Crippen LogP contribution in [0.1, 0.15) is 71.1 Å². The van der Waals surface area contributed by atoms with E-state index in [-0.39, 0.29) is 12.5 Å². The van der Waals surface area contributed by atoms with E-state index in [0.29, 0.717) is 30.9 Å². The number of unbranched alkanes of at least 4 members (excludes halogenated alkanes) is 4. The molecule has 0 spiro atoms. The maximum absolute atomic E-state index is 12.3. The number of carbonyl (C=O) groups is 3. The highest BCUT2D eigenvalue weighted by Crippen LogP contribution is 2.12. The number of likely N-dealkylation sites (tertiary alicyclic amines) is 1. The van der Waals surface area contributed by atoms with Crippen LogP contribution in [-0.4, -0.2) is 65.4 Å². The number of rotatable bonds is 11. The molecule has 1 heterocycles. The van der Waals surface area contributed by atoms with E-state index in [0.717, 1.165) is 58.0 Å². The molecule has 1 rings (SSSR count). The average molecular weight is 401 g/mol. The Morgan fingerprint density at radius 3 is 2.46 bits per heavy atom. The second-order valence-corrected chi connectivity index (χ2v) is 7.24. The minimum absolute atomic E-state index is 0.0338. The van der Waals surface area contributed by atoms with E-state index in [4.69, 9.17) is 15.7 Å². The second-order valence-electron chi connectivity index (χ2n) is 7.24. The van der Waals surface area contributed by atoms with Crippen LogP contribution in [0.25, 0.3) is 0 Å². The van der Waals surface area contributed by atoms with E-state index in [2.05, 4.69) is 12.2 Å². The highest BCUT2D eigenvalue weighted by Gasteiger charge is 2.22. The minimum Gasteiger partial charge on any atom is -0.463 e. The molecule has 1 atom stereocenters. The van der Waals surface area contributed by atoms with Crippen molar-refractivity contribution in [3.8, 4) is 0 Å². The van der Waals surface area contributed by atoms with Crippen LogP contribution in [0.5, 0.6) is 0 Å². The number of hydrogen-bond donors (Lipinski definition) is 3. The summed E-state index contributed by atoms with van der Waals surface area (Å²) in [7, 11) is 0. The van der Waals surface area contributed by atoms with Gasteiger partial charge in [-0.2, -0.15) is 0 Å². The van der Waals surface area contributed by atoms with Crippen molar-refractivity contribution in [1.29, 1.82) is 0 Å². The standard InChI is InChI=1S/C19H36N4O5/c1-2-3-4-7-12-21-18(25)28-23(19(26)27)15-10-6-11-16(20)17(24)22-13-8-5-9-14-22/h16H,2-15,20H2,1H3,(H,21,25)(H,26,27). The van der Waals surface area contributed by atoms with E-state index >= 15 is 0 Å². The summed E-state index contributed by atoms with van der Waals surface area (Å²) in [6, 6.07) is -0.566. The fourth-order valence-electron chi connectivity index (χ4n) is 3.15. The summed E-state index contributed by atoms with van der Waals surface area (Å²) in [5.74, 6) is -0.0338. The Bertz CT molecular complexity index is 483. The molecule has 4 N–H and O–H groups in total. The van der Waals surface area contributed by atoms with Crippen LogP contribution in [0.3, 0.4) is 0 Å². The van der Waals surface area contributed by atoms with Gasteiger partial charge in [0.15, 0.2) is 0 Å². The monoisotopic (exact) mass is 400 g/mol. The summed E-state index contributed by atoms with van der Waals surface area (Å²) in [5, 5.41) is 12.3. The van der Waals surface area contributed by atoms with Crippen LogP contribution < -0.4 is 11.1 Å². The lowest BCUT2D eigenvalue weighted by Crippen LogP contribution is -2.46. The first-order valence-electron chi connectivity index (χ1n) is 10.5. The smallest absolute Gasteiger partial charge is 0.440 e. The van der Waals surface area contributed by atoms with Crippen molar-refractivity contribution >= 4 is 18.1 Å². The third kappa shape index (κ3) is 9.77. The largest absolute Gasteiger partial charge is 0.463 e. The Morgan fingerprint density at radius 2 is 1.82 bits per heavy atom. The van der Waals surface area contributed by atoms with E-state index in [1.165, 1.54) is 0 Å². The fourth-order valence-corrected chi connectivity index (χ4v) is 3.15. The van der Waals surface area contributed by atoms with Crippen LogP contribution in [-0.2, 0) is 9.63 Å². The first-order valence-corrected chi connectivity index (χ1v) is 10.5. The van der Waals surface area contributed by atoms with E-state index in [1.54, 1.807) is 0 Å². The zero-order chi connectivity index (χ0) is 20.8. The van der Waals surface area contributed by atoms with Gasteiger partial charge in [0.25, 0.3) is 0 Å². The number of hydrogen-bond acceptors (Lipinski definition) is 5. The van der Waals surface area contributed by atoms with Gasteiger partial charge in [0.2, 0.25) is 5.91 Å². The Morgan fingerprint density at radius 1 is 1.11 bits per heavy atom. The van der Waals surface area contributed by atoms with Crippen molar-refractivity contribution in [1.82, 2.24) is 15.3 Å². The molecule has 9 nitrogen and oxygen atoms in total. The fraction of sp³-hybridized carbons (Fsp3) is 0.842. The van der Waals surface area contributed by atoms with Crippen LogP contribution in [0.2, 0.25) is 0 Å². The summed E-state index contributed by atoms with van der Waals surface area (Å²) in [6.07, 6.45) is 6.64. The Labute approximate surface area is 167 Å². The molecule has 0 aromatic heterocycles. The first-order chi connectivity index (χ1) is 13.5. The molecule has 0 radical (unpaired) electrons. The Hall–Kier alpha value is -2.03. The molecule has 1 fully saturated rings. The van der Waals surface area contributed by atoms with Gasteiger partial charge in [0.05, 0.1) is 12.6 Å². The quantitative estimate of drug-likeness (QED) is 0.362. The van der Waals surface area contributed by atoms with E-state index in [1.807, 2.05) is 4.90 Å². The molecule has 9 heteroatoms. The van der Waals surface area contributed by atoms with Crippen molar-refractivity contribution in [2.24, 2.45) is 5.73 Å². The summed E-state index contributed by atoms with van der Waals surface area (Å²) in [6.45, 7) is 4.13. The predicted octanol–water partition coefficient (Wildman–Crippen LogP) is 2.70. The van der Waals surface area contributed by atoms with Crippen molar-refractivity contribution in [3.05, 3.63) is 0 Å². The SMILES string of the molecule is CCCCCCNC(=O)ON(CCCCC(N)C(=O)N1CCCCC1)C(=O)O. The number of nitrogens with one attached hydrogen (secondary N) is 1. The lowest BCUT2D eigenvalue weighted by molar-refractivity contribution is -0.133. The van der Waals surface area contributed by atoms with Gasteiger partial charge in [-0.15, -0.1) is 5.06 Å². The van der Waals surface area contributed by atoms with Crippen LogP contribution in [0.15, 0.2) is 0 Å². The molecular weight excluding hydrogens is 364 g/mol. The third-order valence-electron chi connectivity index (χ3n) is 4.82. The number of amides is 3. The molecule has 0 saturated carbocycles. The number of nitrogens with two attached hydrogens (primary N) is 1. The van der Waals surface area contributed by atoms with Crippen molar-refractivity contribution in [3.63, 3.8) is 0 Å². The molecule has 0 bridgehead atoms. The number of hydroxylamine groups is 2. The number of carboxylic acid groups (broad SMARTS) is 1. The lowest BCUT2D eigenvalue weighted by Gasteiger charge is -2.29. The summed E-state index contributed by atoms with van der Waals surface area (Å²) < 4.78 is 0. The molecule has 0 aromatic carbocycles. The molecular formula is C19H36N4O5. The van der Waals surface area contributed by atoms with Gasteiger partial charge in [-0.3, -0.25) is 4.79 Å². The normalized spacial score (nSPS) is 15.0. The van der Waals surface area contributed by atoms with Gasteiger partial charge >= 0.3 is 12.2 Å². The zero-order valence-electron chi connectivity index (χ0n) is 17.0. The third-order valence-corrected chi connectivity index (χ3v) is 4.82. The summed E-state index contributed by atoms with van der Waals surface area (Å²) in [4.78, 5) is 41.8. The van der Waals surface area contributed by atoms with Gasteiger partial charge in [-0.1, -0.05) is 26.2 Å². The second kappa shape index (κ2) is 14.0. The molecule has 0 aromatic rings. The topological polar surface area (TPSA) is 125 Å². The van der Waals surface area contributed by atoms with Crippen LogP contribution >= 0.6 is 0 Å². The zero-order valence-corrected chi connectivity index (χ0v) is 17.0. The van der Waals surface area contributed by atoms with Gasteiger partial charge < -0.3 is 25.9 Å². The highest BCUT2D eigenvalue weighted by molar-refractivity contribution is 5.81. The van der Waals surface area contributed by atoms with Gasteiger partial charge in [0.1, 0.15) is 0 Å². The van der Waals surface area contributed by atoms with E-state index in [9.17, 15) is 14.4 Å². The summed E-state index contributed by atoms with van der Waals surface area (Å²) in [5.41, 5.74) is 5.98. The highest BCUT2D eigenvalue weighted by atomic mass is 16.7. The van der Waals surface area contributed by atoms with Crippen molar-refractivity contribution < 1.29 is 24.3 Å². The molecule has 3 amide bonds. The molecule has 28 heavy (non-hydrogen) atoms. The number of carbonyl (C=O) groups excluding carboxylic acids is 2. The van der Waals surface area contributed by atoms with Crippen LogP contribution in [0.4, 0.5) is 9.59 Å². The molecule has 1 aliphatic rings. The van der Waals surface area contributed by atoms with Gasteiger partial charge in [-0.05, 0) is 44.9 Å². The molecule has 162 valence electrons. The van der Waals surface area contributed by atoms with Crippen LogP contribution in [0, 0.1) is 0 Å². The molecule has 1 aliphatic heterocycles. The maximum atomic E-state index is 12.3. The van der Waals surface area contributed by atoms with Crippen molar-refractivity contribution in [2.45, 2.75) is 77.2 Å². The minimum atomic E-state index is -1.32. The lowest BCUT2D eigenvalue weighted by atomic mass is 10.1. The number of piperidine rings is 1. The average Bonchev–Trinajstić information content (AvgIpc) is 2.69. The Kier molecular flexibility index (Phi) is 12.0. The van der Waals surface area contributed by atoms with Crippen molar-refractivity contribution in [2.75, 3.05) is 26.2 Å². The van der Waals surface area contributed by atoms with Gasteiger partial charge in [-0.25, -0.2) is 9.59 Å². The first kappa shape index (κ1) is 24.0. The molecule has 1 unspecified atom stereocenters. The van der Waals surface area contributed by atoms with E-state index < -0.39 is 18.2 Å². The predicted molar refractivity (Wildman–Crippen MR) is 106 cm³/mol. The molecule has 0 aliphatic carbocycles.